The first kappa shape index (κ1) is 80.0. The molecule has 4 spiro atoms. The lowest BCUT2D eigenvalue weighted by atomic mass is 9.74. The van der Waals surface area contributed by atoms with Gasteiger partial charge in [0.2, 0.25) is 0 Å². The lowest BCUT2D eigenvalue weighted by Gasteiger charge is -2.38. The predicted molar refractivity (Wildman–Crippen MR) is 420 cm³/mol. The molecule has 8 aliphatic rings. The molecule has 19 nitrogen and oxygen atoms in total. The zero-order valence-electron chi connectivity index (χ0n) is 62.8. The van der Waals surface area contributed by atoms with Gasteiger partial charge in [-0.1, -0.05) is 88.7 Å². The van der Waals surface area contributed by atoms with Crippen LogP contribution in [-0.4, -0.2) is 135 Å². The highest BCUT2D eigenvalue weighted by Crippen LogP contribution is 2.51. The van der Waals surface area contributed by atoms with Gasteiger partial charge in [0.1, 0.15) is 46.0 Å². The van der Waals surface area contributed by atoms with Gasteiger partial charge in [0.25, 0.3) is 23.6 Å². The van der Waals surface area contributed by atoms with E-state index in [-0.39, 0.29) is 56.6 Å². The first-order valence-electron chi connectivity index (χ1n) is 38.2. The molecule has 0 unspecified atom stereocenters. The van der Waals surface area contributed by atoms with E-state index < -0.39 is 18.5 Å². The third kappa shape index (κ3) is 17.8. The first-order chi connectivity index (χ1) is 54.9. The molecule has 4 saturated heterocycles. The number of hydrogen-bond acceptors (Lipinski definition) is 15. The minimum absolute atomic E-state index is 0.00925. The zero-order valence-corrected chi connectivity index (χ0v) is 64.3. The number of carbonyl (C=O) groups is 4. The van der Waals surface area contributed by atoms with Crippen molar-refractivity contribution in [3.63, 3.8) is 0 Å². The van der Waals surface area contributed by atoms with E-state index in [9.17, 15) is 45.5 Å². The Balaban J connectivity index is 0.000000126. The van der Waals surface area contributed by atoms with Gasteiger partial charge in [-0.2, -0.15) is 0 Å². The van der Waals surface area contributed by atoms with Crippen molar-refractivity contribution in [3.05, 3.63) is 271 Å². The highest BCUT2D eigenvalue weighted by molar-refractivity contribution is 9.10. The lowest BCUT2D eigenvalue weighted by molar-refractivity contribution is -0.275. The van der Waals surface area contributed by atoms with Crippen LogP contribution in [0.25, 0.3) is 0 Å². The lowest BCUT2D eigenvalue weighted by Crippen LogP contribution is -2.46. The maximum Gasteiger partial charge on any atom is 0.573 e. The molecule has 0 bridgehead atoms. The second kappa shape index (κ2) is 33.8. The number of carbonyl (C=O) groups excluding carboxylic acids is 4. The van der Waals surface area contributed by atoms with E-state index in [0.717, 1.165) is 174 Å². The maximum absolute atomic E-state index is 13.1. The van der Waals surface area contributed by atoms with Gasteiger partial charge in [-0.25, -0.2) is 0 Å². The molecule has 0 aromatic heterocycles. The summed E-state index contributed by atoms with van der Waals surface area (Å²) in [7, 11) is 0. The van der Waals surface area contributed by atoms with Crippen LogP contribution in [0.4, 0.5) is 26.3 Å². The summed E-state index contributed by atoms with van der Waals surface area (Å²) in [6.45, 7) is 9.56. The maximum atomic E-state index is 13.1. The second-order valence-corrected chi connectivity index (χ2v) is 31.1. The van der Waals surface area contributed by atoms with Crippen molar-refractivity contribution in [3.8, 4) is 46.0 Å². The third-order valence-electron chi connectivity index (χ3n) is 23.3. The van der Waals surface area contributed by atoms with Crippen molar-refractivity contribution in [2.24, 2.45) is 22.9 Å². The van der Waals surface area contributed by atoms with E-state index in [1.165, 1.54) is 41.5 Å². The van der Waals surface area contributed by atoms with Crippen molar-refractivity contribution >= 4 is 39.6 Å². The van der Waals surface area contributed by atoms with E-state index in [1.54, 1.807) is 9.80 Å². The SMILES string of the molecule is NCc1ccc2c(c1)C1(CCN(C(=O)c3ccc(Br)cc3)CC1)CO2.NCc1ccc2c(c1)C1(CCN(C(=O)c3ccc(OC(F)(F)F)cc3)CC1)CO2.NCc1ccc2c(c1)C1(CCN(C(=O)c3ccc(Oc4ccccc4)cc3)CC1)CO2.NCc1ccc2c(c1)C1(CCN(C(=O)c3cccc(OC(F)(F)F)c3)CC1)CO2. The second-order valence-electron chi connectivity index (χ2n) is 30.2. The number of hydrogen-bond donors (Lipinski definition) is 4. The summed E-state index contributed by atoms with van der Waals surface area (Å²) in [4.78, 5) is 58.7. The Bertz CT molecular complexity index is 4930. The molecule has 4 amide bonds. The van der Waals surface area contributed by atoms with Crippen LogP contribution >= 0.6 is 15.9 Å². The van der Waals surface area contributed by atoms with Crippen molar-refractivity contribution in [2.75, 3.05) is 78.8 Å². The molecule has 9 aromatic carbocycles. The average Bonchev–Trinajstić information content (AvgIpc) is 1.62. The van der Waals surface area contributed by atoms with Crippen LogP contribution in [0.2, 0.25) is 0 Å². The molecule has 0 radical (unpaired) electrons. The van der Waals surface area contributed by atoms with E-state index >= 15 is 0 Å². The number of fused-ring (bicyclic) bond motifs is 8. The summed E-state index contributed by atoms with van der Waals surface area (Å²) in [5, 5.41) is 0. The highest BCUT2D eigenvalue weighted by atomic mass is 79.9. The number of halogens is 7. The van der Waals surface area contributed by atoms with Crippen LogP contribution in [-0.2, 0) is 47.8 Å². The number of alkyl halides is 6. The fourth-order valence-electron chi connectivity index (χ4n) is 16.6. The highest BCUT2D eigenvalue weighted by Gasteiger charge is 2.49. The number of ether oxygens (including phenoxy) is 7. The topological polar surface area (TPSA) is 250 Å². The Morgan fingerprint density at radius 2 is 0.614 bits per heavy atom. The largest absolute Gasteiger partial charge is 0.573 e. The standard InChI is InChI=1S/C26H26N2O3.2C21H21F3N2O3.C20H21BrN2O2/c27-17-19-6-11-24-23(16-19)26(18-30-24)12-14-28(15-13-26)25(29)20-7-9-22(10-8-20)31-21-4-2-1-3-5-21;22-21(23,24)29-16-4-2-15(3-5-16)19(27)26-9-7-20(8-10-26)13-28-18-6-1-14(12-25)11-17(18)20;22-21(23,24)29-16-3-1-2-15(11-16)19(27)26-8-6-20(7-9-26)13-28-18-5-4-14(12-25)10-17(18)20;21-16-4-2-15(3-5-16)19(24)23-9-7-20(8-10-23)13-25-18-6-1-14(12-22)11-17(18)20/h1-11,16H,12-15,17-18,27H2;1-6,11H,7-10,12-13,25H2;1-5,10-11H,6-9,12-13,25H2;1-6,11H,7-10,12-13,22H2. The summed E-state index contributed by atoms with van der Waals surface area (Å²) in [6.07, 6.45) is -2.94. The number of para-hydroxylation sites is 1. The molecule has 596 valence electrons. The number of nitrogens with two attached hydrogens (primary N) is 4. The van der Waals surface area contributed by atoms with Crippen LogP contribution < -0.4 is 56.1 Å². The number of amides is 4. The summed E-state index contributed by atoms with van der Waals surface area (Å²) >= 11 is 3.41. The van der Waals surface area contributed by atoms with Gasteiger partial charge < -0.3 is 75.7 Å². The molecule has 8 aliphatic heterocycles. The molecular formula is C88H89BrF6N8O11. The van der Waals surface area contributed by atoms with Crippen molar-refractivity contribution in [1.82, 2.24) is 19.6 Å². The zero-order chi connectivity index (χ0) is 80.0. The Morgan fingerprint density at radius 1 is 0.333 bits per heavy atom. The van der Waals surface area contributed by atoms with Crippen LogP contribution in [0.3, 0.4) is 0 Å². The molecule has 17 rings (SSSR count). The van der Waals surface area contributed by atoms with E-state index in [4.69, 9.17) is 46.6 Å². The van der Waals surface area contributed by atoms with Crippen LogP contribution in [0.1, 0.15) is 137 Å². The van der Waals surface area contributed by atoms with Gasteiger partial charge in [0.05, 0.1) is 26.4 Å². The number of benzene rings is 9. The molecule has 8 N–H and O–H groups in total. The van der Waals surface area contributed by atoms with Crippen molar-refractivity contribution < 1.29 is 78.7 Å². The third-order valence-corrected chi connectivity index (χ3v) is 23.8. The van der Waals surface area contributed by atoms with Crippen LogP contribution in [0, 0.1) is 0 Å². The molecular weight excluding hydrogens is 1540 g/mol. The summed E-state index contributed by atoms with van der Waals surface area (Å²) in [5.74, 6) is 4.10. The van der Waals surface area contributed by atoms with Gasteiger partial charge >= 0.3 is 12.7 Å². The van der Waals surface area contributed by atoms with E-state index in [2.05, 4.69) is 49.7 Å². The van der Waals surface area contributed by atoms with Gasteiger partial charge in [0, 0.05) is 149 Å². The van der Waals surface area contributed by atoms with Crippen LogP contribution in [0.15, 0.2) is 205 Å². The molecule has 26 heteroatoms. The molecule has 8 heterocycles. The number of rotatable bonds is 12. The summed E-state index contributed by atoms with van der Waals surface area (Å²) in [6, 6.07) is 59.3. The fourth-order valence-corrected chi connectivity index (χ4v) is 16.9. The minimum atomic E-state index is -4.79. The van der Waals surface area contributed by atoms with Crippen LogP contribution in [0.5, 0.6) is 46.0 Å². The molecule has 0 aliphatic carbocycles. The Kier molecular flexibility index (Phi) is 23.7. The van der Waals surface area contributed by atoms with Crippen molar-refractivity contribution in [2.45, 2.75) is 112 Å². The number of nitrogens with zero attached hydrogens (tertiary/aromatic N) is 4. The van der Waals surface area contributed by atoms with Crippen molar-refractivity contribution in [1.29, 1.82) is 0 Å². The number of piperidine rings is 4. The quantitative estimate of drug-likeness (QED) is 0.0830. The molecule has 9 aromatic rings. The van der Waals surface area contributed by atoms with E-state index in [0.29, 0.717) is 89.9 Å². The van der Waals surface area contributed by atoms with Gasteiger partial charge in [0.15, 0.2) is 0 Å². The average molecular weight is 1630 g/mol. The number of likely N-dealkylation sites (tertiary alicyclic amines) is 4. The Morgan fingerprint density at radius 3 is 0.930 bits per heavy atom. The molecule has 0 atom stereocenters. The summed E-state index contributed by atoms with van der Waals surface area (Å²) in [5.41, 5.74) is 34.0. The fraction of sp³-hybridized carbons (Fsp3) is 0.341. The minimum Gasteiger partial charge on any atom is -0.492 e. The first-order valence-corrected chi connectivity index (χ1v) is 39.0. The summed E-state index contributed by atoms with van der Waals surface area (Å²) < 4.78 is 112. The van der Waals surface area contributed by atoms with Gasteiger partial charge in [-0.15, -0.1) is 26.3 Å². The Hall–Kier alpha value is -10.6. The Labute approximate surface area is 665 Å². The smallest absolute Gasteiger partial charge is 0.492 e. The molecule has 114 heavy (non-hydrogen) atoms. The van der Waals surface area contributed by atoms with Gasteiger partial charge in [-0.05, 0) is 201 Å². The van der Waals surface area contributed by atoms with E-state index in [1.807, 2.05) is 137 Å². The van der Waals surface area contributed by atoms with Gasteiger partial charge in [-0.3, -0.25) is 19.2 Å². The molecule has 0 saturated carbocycles. The monoisotopic (exact) mass is 1630 g/mol. The predicted octanol–water partition coefficient (Wildman–Crippen LogP) is 15.2. The normalized spacial score (nSPS) is 17.5. The molecule has 4 fully saturated rings.